The lowest BCUT2D eigenvalue weighted by Crippen LogP contribution is -2.30. The molecule has 0 aliphatic carbocycles. The number of nitrogens with one attached hydrogen (secondary N) is 3. The lowest BCUT2D eigenvalue weighted by Gasteiger charge is -2.21. The molecular weight excluding hydrogens is 1030 g/mol. The summed E-state index contributed by atoms with van der Waals surface area (Å²) in [5.74, 6) is 10.1. The fraction of sp³-hybridized carbons (Fsp3) is 0.207. The average Bonchev–Trinajstić information content (AvgIpc) is 4.55. The fourth-order valence-corrected chi connectivity index (χ4v) is 8.90. The van der Waals surface area contributed by atoms with Gasteiger partial charge in [0.25, 0.3) is 29.5 Å². The zero-order chi connectivity index (χ0) is 58.7. The van der Waals surface area contributed by atoms with Crippen LogP contribution in [0.25, 0.3) is 33.5 Å². The predicted octanol–water partition coefficient (Wildman–Crippen LogP) is 6.23. The molecule has 0 unspecified atom stereocenters. The van der Waals surface area contributed by atoms with Crippen molar-refractivity contribution in [1.29, 1.82) is 0 Å². The third-order valence-electron chi connectivity index (χ3n) is 12.5. The van der Waals surface area contributed by atoms with Crippen molar-refractivity contribution >= 4 is 69.8 Å². The summed E-state index contributed by atoms with van der Waals surface area (Å²) in [6, 6.07) is 25.1. The smallest absolute Gasteiger partial charge is 0.381 e. The third kappa shape index (κ3) is 14.0. The van der Waals surface area contributed by atoms with Crippen LogP contribution in [0.5, 0.6) is 0 Å². The summed E-state index contributed by atoms with van der Waals surface area (Å²) in [5.41, 5.74) is 18.0. The highest BCUT2D eigenvalue weighted by atomic mass is 16.5. The van der Waals surface area contributed by atoms with E-state index in [-0.39, 0.29) is 47.7 Å². The van der Waals surface area contributed by atoms with Gasteiger partial charge in [0.2, 0.25) is 0 Å². The number of amides is 5. The maximum atomic E-state index is 12.6. The second-order valence-electron chi connectivity index (χ2n) is 17.7. The highest BCUT2D eigenvalue weighted by Gasteiger charge is 2.34. The first-order valence-corrected chi connectivity index (χ1v) is 25.1. The Bertz CT molecular complexity index is 3770. The number of nitrogens with two attached hydrogens (primary N) is 2. The molecule has 11 rings (SSSR count). The van der Waals surface area contributed by atoms with E-state index in [9.17, 15) is 28.8 Å². The Morgan fingerprint density at radius 1 is 0.691 bits per heavy atom. The molecular formula is C58H55N15O8. The number of hydrogen-bond donors (Lipinski definition) is 7. The number of aromatic nitrogens is 8. The number of carbonyl (C=O) groups is 6. The van der Waals surface area contributed by atoms with Crippen LogP contribution in [0.1, 0.15) is 98.2 Å². The molecule has 2 aromatic carbocycles. The van der Waals surface area contributed by atoms with E-state index in [2.05, 4.69) is 60.1 Å². The molecule has 9 N–H and O–H groups in total. The van der Waals surface area contributed by atoms with Crippen molar-refractivity contribution in [3.63, 3.8) is 0 Å². The molecule has 0 bridgehead atoms. The van der Waals surface area contributed by atoms with Crippen molar-refractivity contribution in [3.05, 3.63) is 145 Å². The monoisotopic (exact) mass is 1090 g/mol. The summed E-state index contributed by atoms with van der Waals surface area (Å²) in [5, 5.41) is 25.4. The van der Waals surface area contributed by atoms with Crippen molar-refractivity contribution in [2.24, 2.45) is 0 Å². The van der Waals surface area contributed by atoms with E-state index in [1.54, 1.807) is 97.4 Å². The van der Waals surface area contributed by atoms with Crippen LogP contribution in [-0.4, -0.2) is 108 Å². The Labute approximate surface area is 466 Å². The average molecular weight is 1090 g/mol. The maximum Gasteiger partial charge on any atom is 0.381 e. The van der Waals surface area contributed by atoms with Crippen LogP contribution in [0.2, 0.25) is 0 Å². The van der Waals surface area contributed by atoms with Crippen molar-refractivity contribution in [2.45, 2.75) is 64.5 Å². The number of benzene rings is 2. The number of aliphatic carboxylic acids is 1. The minimum absolute atomic E-state index is 0.148. The number of pyridine rings is 2. The molecule has 410 valence electrons. The number of carbonyl (C=O) groups excluding carboxylic acids is 5. The van der Waals surface area contributed by atoms with Crippen LogP contribution in [0, 0.1) is 36.5 Å². The fourth-order valence-electron chi connectivity index (χ4n) is 8.90. The first-order chi connectivity index (χ1) is 39.7. The summed E-state index contributed by atoms with van der Waals surface area (Å²) in [7, 11) is 0. The van der Waals surface area contributed by atoms with E-state index < -0.39 is 17.8 Å². The standard InChI is InChI=1S/C26H23N7O2.C22H21N7O.C4H5NO3.C4H4O2.C2H2/c1-2-6-21(34)32-15-5-7-19(32)25-31-22(23-24(27)29-14-16-33(23)25)17-9-11-18(12-10-17)26(35)30-20-8-3-4-13-28-20;23-20-19-18(28-21(16-4-3-11-24-16)29(19)13-12-26-20)14-6-8-15(9-7-14)22(30)27-17-5-1-2-10-25-17;6-3-1-2-4(7)5(3)8;1-2-3-4(5)6;1-2/h3-4,8-14,16,19H,5,7,15H2,1H3,(H2,27,29)(H,28,30,35);1-2,5-10,12-13,16,24H,3-4,11H2,(H2,23,26)(H,25,27,30);8H,1-2H2;1H3,(H,5,6);1-2H/t19-;16-;;;/m00.../s1/i;;;;1D. The molecule has 3 aliphatic heterocycles. The van der Waals surface area contributed by atoms with Crippen molar-refractivity contribution in [1.82, 2.24) is 54.0 Å². The molecule has 3 fully saturated rings. The summed E-state index contributed by atoms with van der Waals surface area (Å²) < 4.78 is 9.65. The molecule has 3 aliphatic rings. The molecule has 0 radical (unpaired) electrons. The number of imidazole rings is 2. The van der Waals surface area contributed by atoms with E-state index in [4.69, 9.17) is 33.1 Å². The minimum atomic E-state index is -1.07. The van der Waals surface area contributed by atoms with Gasteiger partial charge < -0.3 is 37.4 Å². The molecule has 8 aromatic rings. The summed E-state index contributed by atoms with van der Waals surface area (Å²) in [6.45, 7) is 4.74. The van der Waals surface area contributed by atoms with E-state index >= 15 is 0 Å². The van der Waals surface area contributed by atoms with Crippen molar-refractivity contribution < 1.29 is 40.5 Å². The third-order valence-corrected chi connectivity index (χ3v) is 12.5. The molecule has 6 aromatic heterocycles. The van der Waals surface area contributed by atoms with Gasteiger partial charge in [-0.1, -0.05) is 48.2 Å². The second kappa shape index (κ2) is 27.5. The van der Waals surface area contributed by atoms with Crippen LogP contribution < -0.4 is 27.4 Å². The Hall–Kier alpha value is -10.8. The van der Waals surface area contributed by atoms with Gasteiger partial charge in [-0.3, -0.25) is 38.0 Å². The number of terminal acetylenes is 1. The largest absolute Gasteiger partial charge is 0.472 e. The van der Waals surface area contributed by atoms with Gasteiger partial charge in [0.1, 0.15) is 58.7 Å². The molecule has 0 spiro atoms. The lowest BCUT2D eigenvalue weighted by atomic mass is 10.1. The van der Waals surface area contributed by atoms with Crippen LogP contribution in [-0.2, 0) is 19.2 Å². The second-order valence-corrected chi connectivity index (χ2v) is 17.7. The molecule has 2 atom stereocenters. The number of nitrogen functional groups attached to an aromatic ring is 2. The maximum absolute atomic E-state index is 12.6. The highest BCUT2D eigenvalue weighted by Crippen LogP contribution is 2.37. The number of imide groups is 1. The number of anilines is 4. The lowest BCUT2D eigenvalue weighted by molar-refractivity contribution is -0.171. The molecule has 3 saturated heterocycles. The number of hydrogen-bond acceptors (Lipinski definition) is 16. The molecule has 5 amide bonds. The van der Waals surface area contributed by atoms with Crippen LogP contribution >= 0.6 is 0 Å². The number of rotatable bonds is 8. The Morgan fingerprint density at radius 2 is 1.19 bits per heavy atom. The Morgan fingerprint density at radius 3 is 1.59 bits per heavy atom. The van der Waals surface area contributed by atoms with Crippen molar-refractivity contribution in [2.75, 3.05) is 35.2 Å². The van der Waals surface area contributed by atoms with Gasteiger partial charge in [0.15, 0.2) is 0 Å². The number of carboxylic acids is 1. The molecule has 9 heterocycles. The number of carboxylic acid groups (broad SMARTS) is 1. The van der Waals surface area contributed by atoms with E-state index in [0.29, 0.717) is 58.0 Å². The number of likely N-dealkylation sites (tertiary alicyclic amines) is 1. The quantitative estimate of drug-likeness (QED) is 0.0503. The van der Waals surface area contributed by atoms with Gasteiger partial charge in [-0.25, -0.2) is 34.7 Å². The van der Waals surface area contributed by atoms with Gasteiger partial charge in [-0.05, 0) is 101 Å². The SMILES string of the molecule is CC#CC(=O)N1CCC[C@H]1c1nc(-c2ccc(C(=O)Nc3ccccn3)cc2)c2c(N)nccn12.CC#CC(=O)O.Nc1nccn2c([C@@H]3CCCN3)nc(-c3ccc(C(=O)Nc4ccccn4)cc3)c12.O=C1CCC(=O)N1O.[2H]C#C. The van der Waals surface area contributed by atoms with Gasteiger partial charge in [0.05, 0.1) is 12.1 Å². The molecule has 23 heteroatoms. The minimum Gasteiger partial charge on any atom is -0.472 e. The molecule has 23 nitrogen and oxygen atoms in total. The first-order valence-electron chi connectivity index (χ1n) is 25.6. The van der Waals surface area contributed by atoms with Gasteiger partial charge in [-0.2, -0.15) is 5.06 Å². The van der Waals surface area contributed by atoms with Crippen molar-refractivity contribution in [3.8, 4) is 59.0 Å². The normalized spacial score (nSPS) is 15.0. The predicted molar refractivity (Wildman–Crippen MR) is 301 cm³/mol. The number of nitrogens with zero attached hydrogens (tertiary/aromatic N) is 10. The Balaban J connectivity index is 0.000000185. The summed E-state index contributed by atoms with van der Waals surface area (Å²) >= 11 is 0. The first kappa shape index (κ1) is 56.4. The van der Waals surface area contributed by atoms with Crippen LogP contribution in [0.4, 0.5) is 23.3 Å². The van der Waals surface area contributed by atoms with Gasteiger partial charge >= 0.3 is 5.97 Å². The number of fused-ring (bicyclic) bond motifs is 2. The number of hydroxylamine groups is 2. The van der Waals surface area contributed by atoms with E-state index in [1.165, 1.54) is 13.3 Å². The Kier molecular flexibility index (Phi) is 19.1. The van der Waals surface area contributed by atoms with Gasteiger partial charge in [0, 0.05) is 84.7 Å². The highest BCUT2D eigenvalue weighted by molar-refractivity contribution is 6.05. The summed E-state index contributed by atoms with van der Waals surface area (Å²) in [4.78, 5) is 95.9. The molecule has 0 saturated carbocycles. The van der Waals surface area contributed by atoms with Gasteiger partial charge in [-0.15, -0.1) is 12.8 Å². The summed E-state index contributed by atoms with van der Waals surface area (Å²) in [6.07, 6.45) is 20.1. The molecule has 81 heavy (non-hydrogen) atoms. The van der Waals surface area contributed by atoms with Crippen LogP contribution in [0.3, 0.4) is 0 Å². The van der Waals surface area contributed by atoms with E-state index in [1.807, 2.05) is 51.3 Å². The zero-order valence-electron chi connectivity index (χ0n) is 44.9. The van der Waals surface area contributed by atoms with Crippen LogP contribution in [0.15, 0.2) is 122 Å². The zero-order valence-corrected chi connectivity index (χ0v) is 43.9. The van der Waals surface area contributed by atoms with E-state index in [0.717, 1.165) is 60.4 Å². The topological polar surface area (TPSA) is 324 Å².